The SMILES string of the molecule is C=C(CN1CCC(N2CCCCC2)CC1)C(=O)OCC. The lowest BCUT2D eigenvalue weighted by Gasteiger charge is -2.40. The lowest BCUT2D eigenvalue weighted by atomic mass is 9.99. The molecule has 0 aromatic heterocycles. The third-order valence-corrected chi connectivity index (χ3v) is 4.44. The predicted octanol–water partition coefficient (Wildman–Crippen LogP) is 2.06. The van der Waals surface area contributed by atoms with Crippen molar-refractivity contribution < 1.29 is 9.53 Å². The average Bonchev–Trinajstić information content (AvgIpc) is 2.49. The van der Waals surface area contributed by atoms with Crippen LogP contribution in [0.3, 0.4) is 0 Å². The molecule has 0 radical (unpaired) electrons. The van der Waals surface area contributed by atoms with Crippen LogP contribution in [-0.4, -0.2) is 61.1 Å². The summed E-state index contributed by atoms with van der Waals surface area (Å²) in [6.07, 6.45) is 6.56. The topological polar surface area (TPSA) is 32.8 Å². The second-order valence-corrected chi connectivity index (χ2v) is 5.93. The third-order valence-electron chi connectivity index (χ3n) is 4.44. The fraction of sp³-hybridized carbons (Fsp3) is 0.812. The molecule has 2 rings (SSSR count). The van der Waals surface area contributed by atoms with Crippen LogP contribution in [0.1, 0.15) is 39.0 Å². The number of likely N-dealkylation sites (tertiary alicyclic amines) is 2. The smallest absolute Gasteiger partial charge is 0.334 e. The summed E-state index contributed by atoms with van der Waals surface area (Å²) in [4.78, 5) is 16.6. The Bertz CT molecular complexity index is 329. The van der Waals surface area contributed by atoms with Gasteiger partial charge in [-0.25, -0.2) is 4.79 Å². The van der Waals surface area contributed by atoms with E-state index in [2.05, 4.69) is 16.4 Å². The van der Waals surface area contributed by atoms with E-state index in [4.69, 9.17) is 4.74 Å². The molecule has 0 aliphatic carbocycles. The fourth-order valence-corrected chi connectivity index (χ4v) is 3.29. The highest BCUT2D eigenvalue weighted by Gasteiger charge is 2.26. The van der Waals surface area contributed by atoms with Crippen LogP contribution >= 0.6 is 0 Å². The molecule has 2 aliphatic heterocycles. The number of hydrogen-bond acceptors (Lipinski definition) is 4. The molecule has 0 spiro atoms. The van der Waals surface area contributed by atoms with E-state index in [1.54, 1.807) is 0 Å². The van der Waals surface area contributed by atoms with Gasteiger partial charge in [-0.15, -0.1) is 0 Å². The van der Waals surface area contributed by atoms with Crippen molar-refractivity contribution in [1.29, 1.82) is 0 Å². The second kappa shape index (κ2) is 7.79. The summed E-state index contributed by atoms with van der Waals surface area (Å²) in [7, 11) is 0. The van der Waals surface area contributed by atoms with Gasteiger partial charge in [-0.3, -0.25) is 4.90 Å². The molecule has 2 saturated heterocycles. The van der Waals surface area contributed by atoms with E-state index in [1.807, 2.05) is 6.92 Å². The monoisotopic (exact) mass is 280 g/mol. The number of carbonyl (C=O) groups excluding carboxylic acids is 1. The first-order valence-electron chi connectivity index (χ1n) is 8.02. The molecule has 0 amide bonds. The van der Waals surface area contributed by atoms with Crippen LogP contribution in [0.5, 0.6) is 0 Å². The molecule has 0 saturated carbocycles. The first-order chi connectivity index (χ1) is 9.70. The van der Waals surface area contributed by atoms with E-state index in [-0.39, 0.29) is 5.97 Å². The predicted molar refractivity (Wildman–Crippen MR) is 80.7 cm³/mol. The van der Waals surface area contributed by atoms with Gasteiger partial charge in [0, 0.05) is 18.2 Å². The lowest BCUT2D eigenvalue weighted by molar-refractivity contribution is -0.138. The van der Waals surface area contributed by atoms with Crippen LogP contribution in [0.4, 0.5) is 0 Å². The van der Waals surface area contributed by atoms with Gasteiger partial charge < -0.3 is 9.64 Å². The first-order valence-corrected chi connectivity index (χ1v) is 8.02. The maximum atomic E-state index is 11.6. The molecule has 0 aromatic rings. The van der Waals surface area contributed by atoms with Gasteiger partial charge in [0.25, 0.3) is 0 Å². The molecule has 0 bridgehead atoms. The van der Waals surface area contributed by atoms with Crippen LogP contribution in [0.2, 0.25) is 0 Å². The van der Waals surface area contributed by atoms with Gasteiger partial charge in [-0.2, -0.15) is 0 Å². The van der Waals surface area contributed by atoms with E-state index in [9.17, 15) is 4.79 Å². The molecule has 4 heteroatoms. The Kier molecular flexibility index (Phi) is 6.05. The number of carbonyl (C=O) groups is 1. The summed E-state index contributed by atoms with van der Waals surface area (Å²) < 4.78 is 4.99. The quantitative estimate of drug-likeness (QED) is 0.570. The van der Waals surface area contributed by atoms with Crippen molar-refractivity contribution in [2.24, 2.45) is 0 Å². The molecule has 0 unspecified atom stereocenters. The Morgan fingerprint density at radius 1 is 1.15 bits per heavy atom. The summed E-state index contributed by atoms with van der Waals surface area (Å²) in [5.74, 6) is -0.245. The Morgan fingerprint density at radius 3 is 2.40 bits per heavy atom. The summed E-state index contributed by atoms with van der Waals surface area (Å²) in [6, 6.07) is 0.752. The molecule has 114 valence electrons. The molecule has 2 fully saturated rings. The normalized spacial score (nSPS) is 22.6. The van der Waals surface area contributed by atoms with Gasteiger partial charge in [-0.1, -0.05) is 13.0 Å². The minimum absolute atomic E-state index is 0.245. The van der Waals surface area contributed by atoms with Crippen molar-refractivity contribution in [1.82, 2.24) is 9.80 Å². The highest BCUT2D eigenvalue weighted by molar-refractivity contribution is 5.88. The molecule has 0 aromatic carbocycles. The third kappa shape index (κ3) is 4.32. The van der Waals surface area contributed by atoms with Gasteiger partial charge in [0.05, 0.1) is 6.61 Å². The van der Waals surface area contributed by atoms with E-state index in [0.717, 1.165) is 19.1 Å². The average molecular weight is 280 g/mol. The molecular formula is C16H28N2O2. The summed E-state index contributed by atoms with van der Waals surface area (Å²) in [5, 5.41) is 0. The Morgan fingerprint density at radius 2 is 1.80 bits per heavy atom. The van der Waals surface area contributed by atoms with Crippen molar-refractivity contribution in [3.05, 3.63) is 12.2 Å². The molecule has 20 heavy (non-hydrogen) atoms. The van der Waals surface area contributed by atoms with E-state index < -0.39 is 0 Å². The molecule has 2 aliphatic rings. The zero-order valence-electron chi connectivity index (χ0n) is 12.8. The molecule has 0 N–H and O–H groups in total. The van der Waals surface area contributed by atoms with Gasteiger partial charge in [-0.05, 0) is 58.8 Å². The number of rotatable bonds is 5. The number of ether oxygens (including phenoxy) is 1. The first kappa shape index (κ1) is 15.5. The van der Waals surface area contributed by atoms with Crippen LogP contribution in [-0.2, 0) is 9.53 Å². The number of hydrogen-bond donors (Lipinski definition) is 0. The molecular weight excluding hydrogens is 252 g/mol. The zero-order chi connectivity index (χ0) is 14.4. The summed E-state index contributed by atoms with van der Waals surface area (Å²) >= 11 is 0. The summed E-state index contributed by atoms with van der Waals surface area (Å²) in [5.41, 5.74) is 0.586. The Labute approximate surface area is 122 Å². The lowest BCUT2D eigenvalue weighted by Crippen LogP contribution is -2.47. The van der Waals surface area contributed by atoms with Crippen molar-refractivity contribution in [2.45, 2.75) is 45.1 Å². The van der Waals surface area contributed by atoms with Crippen molar-refractivity contribution in [3.8, 4) is 0 Å². The van der Waals surface area contributed by atoms with Crippen LogP contribution in [0.15, 0.2) is 12.2 Å². The van der Waals surface area contributed by atoms with E-state index in [0.29, 0.717) is 18.7 Å². The van der Waals surface area contributed by atoms with Crippen LogP contribution in [0.25, 0.3) is 0 Å². The maximum Gasteiger partial charge on any atom is 0.334 e. The second-order valence-electron chi connectivity index (χ2n) is 5.93. The highest BCUT2D eigenvalue weighted by Crippen LogP contribution is 2.21. The van der Waals surface area contributed by atoms with Crippen molar-refractivity contribution in [2.75, 3.05) is 39.3 Å². The van der Waals surface area contributed by atoms with Crippen molar-refractivity contribution >= 4 is 5.97 Å². The van der Waals surface area contributed by atoms with Crippen LogP contribution in [0, 0.1) is 0 Å². The Hall–Kier alpha value is -0.870. The molecule has 4 nitrogen and oxygen atoms in total. The number of nitrogens with zero attached hydrogens (tertiary/aromatic N) is 2. The van der Waals surface area contributed by atoms with Gasteiger partial charge in [0.1, 0.15) is 0 Å². The number of piperidine rings is 2. The van der Waals surface area contributed by atoms with E-state index >= 15 is 0 Å². The fourth-order valence-electron chi connectivity index (χ4n) is 3.29. The number of esters is 1. The standard InChI is InChI=1S/C16H28N2O2/c1-3-20-16(19)14(2)13-17-11-7-15(8-12-17)18-9-5-4-6-10-18/h15H,2-13H2,1H3. The largest absolute Gasteiger partial charge is 0.463 e. The highest BCUT2D eigenvalue weighted by atomic mass is 16.5. The Balaban J connectivity index is 1.71. The summed E-state index contributed by atoms with van der Waals surface area (Å²) in [6.45, 7) is 11.5. The zero-order valence-corrected chi connectivity index (χ0v) is 12.8. The minimum atomic E-state index is -0.245. The minimum Gasteiger partial charge on any atom is -0.463 e. The van der Waals surface area contributed by atoms with Crippen LogP contribution < -0.4 is 0 Å². The maximum absolute atomic E-state index is 11.6. The van der Waals surface area contributed by atoms with Gasteiger partial charge >= 0.3 is 5.97 Å². The molecule has 2 heterocycles. The van der Waals surface area contributed by atoms with Crippen molar-refractivity contribution in [3.63, 3.8) is 0 Å². The van der Waals surface area contributed by atoms with Gasteiger partial charge in [0.2, 0.25) is 0 Å². The molecule has 0 atom stereocenters. The van der Waals surface area contributed by atoms with Gasteiger partial charge in [0.15, 0.2) is 0 Å². The van der Waals surface area contributed by atoms with E-state index in [1.165, 1.54) is 45.2 Å².